The van der Waals surface area contributed by atoms with E-state index in [1.54, 1.807) is 18.9 Å². The minimum Gasteiger partial charge on any atom is -0.380 e. The maximum Gasteiger partial charge on any atom is 0.239 e. The fourth-order valence-corrected chi connectivity index (χ4v) is 8.43. The maximum atomic E-state index is 13.5. The molecule has 10 unspecified atom stereocenters. The number of ether oxygens (including phenoxy) is 1. The number of methoxy groups -OCH3 is 1. The molecule has 2 amide bonds. The van der Waals surface area contributed by atoms with E-state index in [0.29, 0.717) is 24.4 Å². The molecule has 0 spiro atoms. The molecule has 198 valence electrons. The van der Waals surface area contributed by atoms with Crippen molar-refractivity contribution in [2.45, 2.75) is 79.5 Å². The number of hydrogen-bond donors (Lipinski definition) is 5. The van der Waals surface area contributed by atoms with Crippen molar-refractivity contribution >= 4 is 35.2 Å². The van der Waals surface area contributed by atoms with Gasteiger partial charge < -0.3 is 25.6 Å². The molecule has 5 aliphatic heterocycles. The van der Waals surface area contributed by atoms with E-state index < -0.39 is 0 Å². The zero-order chi connectivity index (χ0) is 24.5. The van der Waals surface area contributed by atoms with Crippen LogP contribution >= 0.6 is 23.4 Å². The van der Waals surface area contributed by atoms with Crippen LogP contribution in [-0.4, -0.2) is 97.0 Å². The number of nitrogens with zero attached hydrogens (tertiary/aromatic N) is 1. The summed E-state index contributed by atoms with van der Waals surface area (Å²) in [5.41, 5.74) is -0.198. The minimum atomic E-state index is -0.117. The summed E-state index contributed by atoms with van der Waals surface area (Å²) in [6.07, 6.45) is 5.02. The minimum absolute atomic E-state index is 0.0281. The highest BCUT2D eigenvalue weighted by Gasteiger charge is 2.47. The highest BCUT2D eigenvalue weighted by atomic mass is 35.5. The highest BCUT2D eigenvalue weighted by molar-refractivity contribution is 8.00. The third-order valence-electron chi connectivity index (χ3n) is 8.65. The van der Waals surface area contributed by atoms with E-state index in [0.717, 1.165) is 51.7 Å². The maximum absolute atomic E-state index is 13.5. The number of fused-ring (bicyclic) bond motifs is 1. The van der Waals surface area contributed by atoms with Gasteiger partial charge >= 0.3 is 0 Å². The molecule has 0 aromatic rings. The Kier molecular flexibility index (Phi) is 8.48. The number of halogens is 1. The summed E-state index contributed by atoms with van der Waals surface area (Å²) in [7, 11) is 1.75. The lowest BCUT2D eigenvalue weighted by molar-refractivity contribution is -0.133. The second kappa shape index (κ2) is 11.4. The number of carbonyl (C=O) groups excluding carboxylic acids is 2. The molecule has 0 saturated carbocycles. The van der Waals surface area contributed by atoms with Crippen LogP contribution in [0.2, 0.25) is 0 Å². The van der Waals surface area contributed by atoms with Crippen LogP contribution < -0.4 is 26.6 Å². The average molecular weight is 529 g/mol. The van der Waals surface area contributed by atoms with Crippen LogP contribution in [0.15, 0.2) is 0 Å². The first-order chi connectivity index (χ1) is 16.9. The van der Waals surface area contributed by atoms with Gasteiger partial charge in [-0.15, -0.1) is 23.4 Å². The number of hydrogen-bond acceptors (Lipinski definition) is 8. The summed E-state index contributed by atoms with van der Waals surface area (Å²) in [4.78, 5) is 28.4. The van der Waals surface area contributed by atoms with Gasteiger partial charge in [0, 0.05) is 50.6 Å². The molecule has 0 aromatic carbocycles. The normalized spacial score (nSPS) is 44.1. The number of thioether (sulfide) groups is 1. The second-order valence-electron chi connectivity index (χ2n) is 10.9. The van der Waals surface area contributed by atoms with Crippen molar-refractivity contribution in [3.8, 4) is 0 Å². The number of alkyl halides is 1. The summed E-state index contributed by atoms with van der Waals surface area (Å²) in [5, 5.41) is 17.4. The molecule has 5 N–H and O–H groups in total. The van der Waals surface area contributed by atoms with Crippen LogP contribution in [0.3, 0.4) is 0 Å². The Bertz CT molecular complexity index is 760. The fraction of sp³-hybridized carbons (Fsp3) is 0.917. The van der Waals surface area contributed by atoms with Crippen LogP contribution in [0.25, 0.3) is 0 Å². The van der Waals surface area contributed by atoms with Crippen molar-refractivity contribution in [3.63, 3.8) is 0 Å². The average Bonchev–Trinajstić information content (AvgIpc) is 3.42. The summed E-state index contributed by atoms with van der Waals surface area (Å²) < 4.78 is 5.80. The Balaban J connectivity index is 1.16. The van der Waals surface area contributed by atoms with E-state index in [2.05, 4.69) is 33.5 Å². The first-order valence-electron chi connectivity index (χ1n) is 13.3. The van der Waals surface area contributed by atoms with E-state index in [1.807, 2.05) is 4.90 Å². The SMILES string of the molecule is COC1CNC(Cl)CC1C1CC(C)NCC1C(=O)NC1NC2CN(C(=O)C3CCCCN3)CC2S1. The van der Waals surface area contributed by atoms with Crippen molar-refractivity contribution in [1.29, 1.82) is 0 Å². The molecule has 0 radical (unpaired) electrons. The number of carbonyl (C=O) groups is 2. The van der Waals surface area contributed by atoms with Crippen LogP contribution in [0.4, 0.5) is 0 Å². The molecule has 5 aliphatic rings. The standard InChI is InChI=1S/C24H41ClN6O3S/c1-13-7-14(15-8-21(25)28-10-19(15)34-2)16(9-27-13)22(32)30-24-29-18-11-31(12-20(18)35-24)23(33)17-5-3-4-6-26-17/h13-21,24,26-29H,3-12H2,1-2H3,(H,30,32). The van der Waals surface area contributed by atoms with Gasteiger partial charge in [-0.2, -0.15) is 0 Å². The van der Waals surface area contributed by atoms with Gasteiger partial charge in [-0.1, -0.05) is 6.42 Å². The van der Waals surface area contributed by atoms with Gasteiger partial charge in [0.05, 0.1) is 23.6 Å². The lowest BCUT2D eigenvalue weighted by Gasteiger charge is -2.45. The second-order valence-corrected chi connectivity index (χ2v) is 12.8. The monoisotopic (exact) mass is 528 g/mol. The zero-order valence-corrected chi connectivity index (χ0v) is 22.4. The van der Waals surface area contributed by atoms with Crippen molar-refractivity contribution in [3.05, 3.63) is 0 Å². The molecule has 9 nitrogen and oxygen atoms in total. The molecule has 5 rings (SSSR count). The molecule has 35 heavy (non-hydrogen) atoms. The zero-order valence-electron chi connectivity index (χ0n) is 20.8. The van der Waals surface area contributed by atoms with Gasteiger partial charge in [-0.3, -0.25) is 20.2 Å². The summed E-state index contributed by atoms with van der Waals surface area (Å²) in [6, 6.07) is 0.558. The van der Waals surface area contributed by atoms with Gasteiger partial charge in [0.25, 0.3) is 0 Å². The Morgan fingerprint density at radius 3 is 2.69 bits per heavy atom. The molecule has 0 aliphatic carbocycles. The molecule has 0 aromatic heterocycles. The quantitative estimate of drug-likeness (QED) is 0.255. The lowest BCUT2D eigenvalue weighted by Crippen LogP contribution is -2.57. The van der Waals surface area contributed by atoms with E-state index in [9.17, 15) is 9.59 Å². The molecule has 10 atom stereocenters. The van der Waals surface area contributed by atoms with Gasteiger partial charge in [0.2, 0.25) is 11.8 Å². The van der Waals surface area contributed by atoms with Crippen molar-refractivity contribution in [2.24, 2.45) is 17.8 Å². The van der Waals surface area contributed by atoms with Gasteiger partial charge in [-0.05, 0) is 51.0 Å². The first-order valence-corrected chi connectivity index (χ1v) is 14.7. The third kappa shape index (κ3) is 5.78. The topological polar surface area (TPSA) is 107 Å². The fourth-order valence-electron chi connectivity index (χ4n) is 6.73. The summed E-state index contributed by atoms with van der Waals surface area (Å²) >= 11 is 8.21. The molecule has 5 heterocycles. The van der Waals surface area contributed by atoms with Crippen molar-refractivity contribution < 1.29 is 14.3 Å². The van der Waals surface area contributed by atoms with Gasteiger partial charge in [-0.25, -0.2) is 0 Å². The number of likely N-dealkylation sites (tertiary alicyclic amines) is 1. The van der Waals surface area contributed by atoms with Crippen LogP contribution in [0.1, 0.15) is 39.0 Å². The molecular formula is C24H41ClN6O3S. The smallest absolute Gasteiger partial charge is 0.239 e. The molecule has 11 heteroatoms. The van der Waals surface area contributed by atoms with E-state index in [4.69, 9.17) is 16.3 Å². The summed E-state index contributed by atoms with van der Waals surface area (Å²) in [5.74, 6) is 0.689. The Morgan fingerprint density at radius 2 is 1.94 bits per heavy atom. The molecule has 5 saturated heterocycles. The highest BCUT2D eigenvalue weighted by Crippen LogP contribution is 2.38. The Morgan fingerprint density at radius 1 is 1.09 bits per heavy atom. The van der Waals surface area contributed by atoms with Crippen LogP contribution in [0.5, 0.6) is 0 Å². The largest absolute Gasteiger partial charge is 0.380 e. The summed E-state index contributed by atoms with van der Waals surface area (Å²) in [6.45, 7) is 5.98. The predicted octanol–water partition coefficient (Wildman–Crippen LogP) is 0.248. The molecule has 5 fully saturated rings. The predicted molar refractivity (Wildman–Crippen MR) is 138 cm³/mol. The third-order valence-corrected chi connectivity index (χ3v) is 10.3. The molecular weight excluding hydrogens is 488 g/mol. The number of amides is 2. The van der Waals surface area contributed by atoms with E-state index >= 15 is 0 Å². The van der Waals surface area contributed by atoms with E-state index in [-0.39, 0.29) is 58.8 Å². The Hall–Kier alpha value is -0.620. The van der Waals surface area contributed by atoms with Gasteiger partial charge in [0.15, 0.2) is 0 Å². The lowest BCUT2D eigenvalue weighted by atomic mass is 9.70. The Labute approximate surface area is 217 Å². The van der Waals surface area contributed by atoms with Crippen LogP contribution in [0, 0.1) is 17.8 Å². The van der Waals surface area contributed by atoms with Gasteiger partial charge in [0.1, 0.15) is 5.50 Å². The number of piperidine rings is 3. The number of nitrogens with one attached hydrogen (secondary N) is 5. The van der Waals surface area contributed by atoms with E-state index in [1.165, 1.54) is 0 Å². The first kappa shape index (κ1) is 26.0. The number of rotatable bonds is 5. The van der Waals surface area contributed by atoms with Crippen molar-refractivity contribution in [2.75, 3.05) is 39.8 Å². The molecule has 0 bridgehead atoms. The van der Waals surface area contributed by atoms with Crippen LogP contribution in [-0.2, 0) is 14.3 Å². The van der Waals surface area contributed by atoms with Crippen molar-refractivity contribution in [1.82, 2.24) is 31.5 Å².